The molecule has 0 fully saturated rings. The van der Waals surface area contributed by atoms with E-state index >= 15 is 0 Å². The summed E-state index contributed by atoms with van der Waals surface area (Å²) in [7, 11) is 1.38. The van der Waals surface area contributed by atoms with Crippen LogP contribution in [-0.4, -0.2) is 35.3 Å². The molecule has 1 heterocycles. The lowest BCUT2D eigenvalue weighted by molar-refractivity contribution is -0.173. The molecule has 23 heavy (non-hydrogen) atoms. The summed E-state index contributed by atoms with van der Waals surface area (Å²) in [5.41, 5.74) is -1.62. The number of nitrogens with zero attached hydrogens (tertiary/aromatic N) is 1. The number of hydrogen-bond donors (Lipinski definition) is 2. The topological polar surface area (TPSA) is 93.2 Å². The van der Waals surface area contributed by atoms with Crippen LogP contribution in [-0.2, 0) is 9.53 Å². The van der Waals surface area contributed by atoms with Crippen LogP contribution in [0.5, 0.6) is 0 Å². The first-order valence-corrected chi connectivity index (χ1v) is 6.42. The van der Waals surface area contributed by atoms with Crippen molar-refractivity contribution in [1.82, 2.24) is 14.9 Å². The summed E-state index contributed by atoms with van der Waals surface area (Å²) in [4.78, 5) is 35.9. The fourth-order valence-corrected chi connectivity index (χ4v) is 1.63. The van der Waals surface area contributed by atoms with E-state index in [-0.39, 0.29) is 5.56 Å². The maximum atomic E-state index is 12.0. The highest BCUT2D eigenvalue weighted by Gasteiger charge is 2.38. The van der Waals surface area contributed by atoms with Crippen LogP contribution in [0.4, 0.5) is 13.2 Å². The predicted octanol–water partition coefficient (Wildman–Crippen LogP) is 0.122. The molecule has 10 heteroatoms. The number of aromatic amines is 1. The maximum Gasteiger partial charge on any atom is 0.471 e. The summed E-state index contributed by atoms with van der Waals surface area (Å²) < 4.78 is 42.1. The van der Waals surface area contributed by atoms with Crippen molar-refractivity contribution >= 4 is 5.91 Å². The number of nitrogens with one attached hydrogen (secondary N) is 2. The van der Waals surface area contributed by atoms with Crippen LogP contribution < -0.4 is 16.6 Å². The third-order valence-electron chi connectivity index (χ3n) is 2.72. The molecule has 0 aliphatic carbocycles. The number of hydrogen-bond acceptors (Lipinski definition) is 4. The molecule has 0 bridgehead atoms. The van der Waals surface area contributed by atoms with Crippen molar-refractivity contribution in [2.75, 3.05) is 13.7 Å². The number of H-pyrrole nitrogens is 1. The van der Waals surface area contributed by atoms with Crippen LogP contribution in [0.25, 0.3) is 0 Å². The molecule has 2 N–H and O–H groups in total. The van der Waals surface area contributed by atoms with Crippen LogP contribution in [0.15, 0.2) is 15.8 Å². The van der Waals surface area contributed by atoms with E-state index in [0.717, 1.165) is 10.8 Å². The molecule has 1 rings (SSSR count). The number of carbonyl (C=O) groups excluding carboxylic acids is 1. The van der Waals surface area contributed by atoms with Crippen molar-refractivity contribution in [2.24, 2.45) is 0 Å². The second kappa shape index (κ2) is 7.64. The molecule has 1 aromatic heterocycles. The molecule has 0 saturated carbocycles. The normalized spacial score (nSPS) is 12.2. The van der Waals surface area contributed by atoms with E-state index in [9.17, 15) is 27.6 Å². The molecule has 0 radical (unpaired) electrons. The van der Waals surface area contributed by atoms with Crippen molar-refractivity contribution in [3.05, 3.63) is 32.6 Å². The summed E-state index contributed by atoms with van der Waals surface area (Å²) in [6.07, 6.45) is -4.03. The van der Waals surface area contributed by atoms with E-state index in [1.54, 1.807) is 12.2 Å². The highest BCUT2D eigenvalue weighted by atomic mass is 19.4. The summed E-state index contributed by atoms with van der Waals surface area (Å²) in [6.45, 7) is 1.15. The Kier molecular flexibility index (Phi) is 6.15. The predicted molar refractivity (Wildman–Crippen MR) is 73.6 cm³/mol. The smallest absolute Gasteiger partial charge is 0.361 e. The number of ether oxygens (including phenoxy) is 1. The second-order valence-electron chi connectivity index (χ2n) is 4.29. The molecule has 0 unspecified atom stereocenters. The minimum atomic E-state index is -5.00. The first-order chi connectivity index (χ1) is 10.7. The minimum Gasteiger partial charge on any atom is -0.361 e. The van der Waals surface area contributed by atoms with Gasteiger partial charge in [0.25, 0.3) is 5.56 Å². The van der Waals surface area contributed by atoms with Gasteiger partial charge in [0.05, 0.1) is 6.54 Å². The van der Waals surface area contributed by atoms with Gasteiger partial charge in [-0.15, -0.1) is 0 Å². The zero-order valence-electron chi connectivity index (χ0n) is 12.3. The van der Waals surface area contributed by atoms with E-state index in [1.165, 1.54) is 7.11 Å². The molecule has 1 atom stereocenters. The van der Waals surface area contributed by atoms with Crippen LogP contribution in [0.3, 0.4) is 0 Å². The summed E-state index contributed by atoms with van der Waals surface area (Å²) >= 11 is 0. The lowest BCUT2D eigenvalue weighted by Crippen LogP contribution is -2.37. The number of amides is 1. The van der Waals surface area contributed by atoms with E-state index in [4.69, 9.17) is 4.74 Å². The lowest BCUT2D eigenvalue weighted by Gasteiger charge is -2.15. The number of carbonyl (C=O) groups is 1. The number of halogens is 3. The van der Waals surface area contributed by atoms with Crippen molar-refractivity contribution in [1.29, 1.82) is 0 Å². The summed E-state index contributed by atoms with van der Waals surface area (Å²) in [5.74, 6) is 2.38. The van der Waals surface area contributed by atoms with E-state index in [1.807, 2.05) is 4.98 Å². The average Bonchev–Trinajstić information content (AvgIpc) is 2.47. The van der Waals surface area contributed by atoms with Gasteiger partial charge in [-0.1, -0.05) is 18.8 Å². The number of alkyl halides is 3. The van der Waals surface area contributed by atoms with Crippen molar-refractivity contribution in [3.63, 3.8) is 0 Å². The standard InChI is InChI=1S/C13H14F3N3O4/c1-3-9(23-2)19-7-8(10(20)18-12(19)22)5-4-6-17-11(21)13(14,15)16/h7,9H,3,6H2,1-2H3,(H,17,21)(H,18,20,22)/t9-/m1/s1. The third-order valence-corrected chi connectivity index (χ3v) is 2.72. The molecular formula is C13H14F3N3O4. The molecule has 0 aromatic carbocycles. The Hall–Kier alpha value is -2.54. The lowest BCUT2D eigenvalue weighted by atomic mass is 10.3. The van der Waals surface area contributed by atoms with Crippen LogP contribution in [0.2, 0.25) is 0 Å². The van der Waals surface area contributed by atoms with Crippen LogP contribution in [0, 0.1) is 11.8 Å². The number of methoxy groups -OCH3 is 1. The Morgan fingerprint density at radius 2 is 2.13 bits per heavy atom. The van der Waals surface area contributed by atoms with Gasteiger partial charge in [0.2, 0.25) is 0 Å². The largest absolute Gasteiger partial charge is 0.471 e. The molecule has 0 aliphatic heterocycles. The van der Waals surface area contributed by atoms with Crippen molar-refractivity contribution in [2.45, 2.75) is 25.7 Å². The Labute approximate surface area is 128 Å². The molecule has 0 spiro atoms. The molecule has 7 nitrogen and oxygen atoms in total. The van der Waals surface area contributed by atoms with Gasteiger partial charge in [0.15, 0.2) is 0 Å². The van der Waals surface area contributed by atoms with Gasteiger partial charge in [0, 0.05) is 13.3 Å². The number of aromatic nitrogens is 2. The molecule has 126 valence electrons. The van der Waals surface area contributed by atoms with E-state index in [0.29, 0.717) is 6.42 Å². The molecule has 0 saturated heterocycles. The highest BCUT2D eigenvalue weighted by Crippen LogP contribution is 2.13. The fraction of sp³-hybridized carbons (Fsp3) is 0.462. The first kappa shape index (κ1) is 18.5. The fourth-order valence-electron chi connectivity index (χ4n) is 1.63. The summed E-state index contributed by atoms with van der Waals surface area (Å²) in [6, 6.07) is 0. The SMILES string of the molecule is CC[C@@H](OC)n1cc(C#CCNC(=O)C(F)(F)F)c(=O)[nH]c1=O. The van der Waals surface area contributed by atoms with E-state index in [2.05, 4.69) is 11.8 Å². The number of rotatable bonds is 4. The van der Waals surface area contributed by atoms with Crippen LogP contribution >= 0.6 is 0 Å². The Balaban J connectivity index is 2.96. The summed E-state index contributed by atoms with van der Waals surface area (Å²) in [5, 5.41) is 1.54. The Morgan fingerprint density at radius 3 is 2.65 bits per heavy atom. The first-order valence-electron chi connectivity index (χ1n) is 6.42. The quantitative estimate of drug-likeness (QED) is 0.766. The average molecular weight is 333 g/mol. The zero-order chi connectivity index (χ0) is 17.6. The van der Waals surface area contributed by atoms with Crippen molar-refractivity contribution < 1.29 is 22.7 Å². The van der Waals surface area contributed by atoms with Gasteiger partial charge in [-0.05, 0) is 6.42 Å². The Morgan fingerprint density at radius 1 is 1.48 bits per heavy atom. The second-order valence-corrected chi connectivity index (χ2v) is 4.29. The monoisotopic (exact) mass is 333 g/mol. The van der Waals surface area contributed by atoms with Crippen molar-refractivity contribution in [3.8, 4) is 11.8 Å². The molecule has 1 aromatic rings. The highest BCUT2D eigenvalue weighted by molar-refractivity contribution is 5.81. The molecule has 0 aliphatic rings. The van der Waals surface area contributed by atoms with Gasteiger partial charge in [-0.25, -0.2) is 4.79 Å². The van der Waals surface area contributed by atoms with Gasteiger partial charge < -0.3 is 10.1 Å². The third kappa shape index (κ3) is 5.00. The molecular weight excluding hydrogens is 319 g/mol. The van der Waals surface area contributed by atoms with Gasteiger partial charge >= 0.3 is 17.8 Å². The van der Waals surface area contributed by atoms with E-state index < -0.39 is 36.1 Å². The molecule has 1 amide bonds. The van der Waals surface area contributed by atoms with Gasteiger partial charge in [0.1, 0.15) is 11.8 Å². The van der Waals surface area contributed by atoms with Crippen LogP contribution in [0.1, 0.15) is 25.1 Å². The Bertz CT molecular complexity index is 736. The van der Waals surface area contributed by atoms with Gasteiger partial charge in [-0.2, -0.15) is 13.2 Å². The minimum absolute atomic E-state index is 0.138. The zero-order valence-corrected chi connectivity index (χ0v) is 12.3. The van der Waals surface area contributed by atoms with Gasteiger partial charge in [-0.3, -0.25) is 19.1 Å². The maximum absolute atomic E-state index is 12.0.